The van der Waals surface area contributed by atoms with Crippen LogP contribution in [-0.2, 0) is 0 Å². The summed E-state index contributed by atoms with van der Waals surface area (Å²) in [5.74, 6) is 0.796. The lowest BCUT2D eigenvalue weighted by Crippen LogP contribution is -2.23. The Morgan fingerprint density at radius 2 is 1.86 bits per heavy atom. The summed E-state index contributed by atoms with van der Waals surface area (Å²) in [5, 5.41) is 3.49. The third-order valence-electron chi connectivity index (χ3n) is 3.53. The van der Waals surface area contributed by atoms with E-state index in [1.54, 1.807) is 6.07 Å². The maximum absolute atomic E-state index is 13.4. The van der Waals surface area contributed by atoms with E-state index in [0.29, 0.717) is 5.56 Å². The molecule has 2 aromatic carbocycles. The van der Waals surface area contributed by atoms with Gasteiger partial charge in [-0.15, -0.1) is 11.8 Å². The smallest absolute Gasteiger partial charge is 0.126 e. The largest absolute Gasteiger partial charge is 0.309 e. The first-order valence-electron chi connectivity index (χ1n) is 7.29. The van der Waals surface area contributed by atoms with Gasteiger partial charge in [-0.05, 0) is 49.2 Å². The Morgan fingerprint density at radius 3 is 2.52 bits per heavy atom. The minimum Gasteiger partial charge on any atom is -0.309 e. The van der Waals surface area contributed by atoms with E-state index >= 15 is 0 Å². The van der Waals surface area contributed by atoms with Gasteiger partial charge in [0.15, 0.2) is 0 Å². The van der Waals surface area contributed by atoms with Crippen LogP contribution in [0.2, 0.25) is 0 Å². The highest BCUT2D eigenvalue weighted by Gasteiger charge is 2.12. The summed E-state index contributed by atoms with van der Waals surface area (Å²) in [4.78, 5) is 1.30. The highest BCUT2D eigenvalue weighted by atomic mass is 32.2. The average molecular weight is 303 g/mol. The van der Waals surface area contributed by atoms with Crippen LogP contribution in [0.5, 0.6) is 0 Å². The Bertz CT molecular complexity index is 598. The lowest BCUT2D eigenvalue weighted by atomic mass is 10.1. The van der Waals surface area contributed by atoms with Crippen LogP contribution in [0.15, 0.2) is 47.4 Å². The van der Waals surface area contributed by atoms with Crippen LogP contribution in [0.4, 0.5) is 4.39 Å². The molecular weight excluding hydrogens is 281 g/mol. The number of benzene rings is 2. The van der Waals surface area contributed by atoms with Crippen molar-refractivity contribution in [1.82, 2.24) is 5.32 Å². The van der Waals surface area contributed by atoms with Crippen LogP contribution < -0.4 is 5.32 Å². The summed E-state index contributed by atoms with van der Waals surface area (Å²) in [6, 6.07) is 14.0. The lowest BCUT2D eigenvalue weighted by molar-refractivity contribution is 0.594. The number of rotatable bonds is 6. The van der Waals surface area contributed by atoms with Crippen LogP contribution in [0.1, 0.15) is 29.7 Å². The summed E-state index contributed by atoms with van der Waals surface area (Å²) in [5.41, 5.74) is 3.15. The summed E-state index contributed by atoms with van der Waals surface area (Å²) in [6.07, 6.45) is 0. The van der Waals surface area contributed by atoms with Crippen LogP contribution in [0, 0.1) is 19.7 Å². The molecule has 0 saturated carbocycles. The van der Waals surface area contributed by atoms with E-state index in [2.05, 4.69) is 43.4 Å². The Kier molecular flexibility index (Phi) is 5.83. The maximum atomic E-state index is 13.4. The van der Waals surface area contributed by atoms with E-state index in [4.69, 9.17) is 0 Å². The van der Waals surface area contributed by atoms with Gasteiger partial charge in [-0.2, -0.15) is 0 Å². The molecule has 21 heavy (non-hydrogen) atoms. The molecular formula is C18H22FNS. The molecule has 2 aromatic rings. The SMILES string of the molecule is CCNC(CSc1ccccc1C)c1ccc(F)c(C)c1. The van der Waals surface area contributed by atoms with Crippen molar-refractivity contribution < 1.29 is 4.39 Å². The maximum Gasteiger partial charge on any atom is 0.126 e. The first-order valence-corrected chi connectivity index (χ1v) is 8.28. The van der Waals surface area contributed by atoms with E-state index in [1.807, 2.05) is 30.8 Å². The third kappa shape index (κ3) is 4.32. The number of halogens is 1. The van der Waals surface area contributed by atoms with Gasteiger partial charge in [0.1, 0.15) is 5.82 Å². The molecule has 3 heteroatoms. The molecule has 0 aliphatic rings. The van der Waals surface area contributed by atoms with E-state index in [9.17, 15) is 4.39 Å². The molecule has 2 rings (SSSR count). The number of hydrogen-bond donors (Lipinski definition) is 1. The van der Waals surface area contributed by atoms with E-state index in [0.717, 1.165) is 17.9 Å². The van der Waals surface area contributed by atoms with Crippen molar-refractivity contribution in [2.75, 3.05) is 12.3 Å². The molecule has 0 bridgehead atoms. The molecule has 1 unspecified atom stereocenters. The molecule has 0 radical (unpaired) electrons. The van der Waals surface area contributed by atoms with E-state index in [1.165, 1.54) is 10.5 Å². The highest BCUT2D eigenvalue weighted by molar-refractivity contribution is 7.99. The first kappa shape index (κ1) is 16.1. The molecule has 1 N–H and O–H groups in total. The van der Waals surface area contributed by atoms with Crippen molar-refractivity contribution in [2.24, 2.45) is 0 Å². The van der Waals surface area contributed by atoms with Crippen LogP contribution in [0.25, 0.3) is 0 Å². The van der Waals surface area contributed by atoms with Gasteiger partial charge in [0.05, 0.1) is 0 Å². The van der Waals surface area contributed by atoms with Crippen molar-refractivity contribution >= 4 is 11.8 Å². The molecule has 0 aromatic heterocycles. The molecule has 0 saturated heterocycles. The monoisotopic (exact) mass is 303 g/mol. The van der Waals surface area contributed by atoms with Gasteiger partial charge in [0, 0.05) is 16.7 Å². The zero-order chi connectivity index (χ0) is 15.2. The Balaban J connectivity index is 2.12. The summed E-state index contributed by atoms with van der Waals surface area (Å²) in [7, 11) is 0. The molecule has 0 fully saturated rings. The second kappa shape index (κ2) is 7.62. The summed E-state index contributed by atoms with van der Waals surface area (Å²) < 4.78 is 13.4. The molecule has 1 atom stereocenters. The van der Waals surface area contributed by atoms with Crippen LogP contribution in [0.3, 0.4) is 0 Å². The molecule has 0 spiro atoms. The second-order valence-electron chi connectivity index (χ2n) is 5.20. The Morgan fingerprint density at radius 1 is 1.10 bits per heavy atom. The quantitative estimate of drug-likeness (QED) is 0.763. The van der Waals surface area contributed by atoms with Crippen molar-refractivity contribution in [1.29, 1.82) is 0 Å². The molecule has 0 aliphatic heterocycles. The van der Waals surface area contributed by atoms with Gasteiger partial charge >= 0.3 is 0 Å². The van der Waals surface area contributed by atoms with Crippen molar-refractivity contribution in [3.63, 3.8) is 0 Å². The molecule has 0 heterocycles. The van der Waals surface area contributed by atoms with Gasteiger partial charge < -0.3 is 5.32 Å². The predicted molar refractivity (Wildman–Crippen MR) is 89.5 cm³/mol. The summed E-state index contributed by atoms with van der Waals surface area (Å²) >= 11 is 1.84. The average Bonchev–Trinajstić information content (AvgIpc) is 2.48. The summed E-state index contributed by atoms with van der Waals surface area (Å²) in [6.45, 7) is 6.94. The Labute approximate surface area is 131 Å². The highest BCUT2D eigenvalue weighted by Crippen LogP contribution is 2.27. The number of aryl methyl sites for hydroxylation is 2. The molecule has 0 amide bonds. The zero-order valence-electron chi connectivity index (χ0n) is 12.8. The number of thioether (sulfide) groups is 1. The van der Waals surface area contributed by atoms with Crippen molar-refractivity contribution in [2.45, 2.75) is 31.7 Å². The topological polar surface area (TPSA) is 12.0 Å². The minimum atomic E-state index is -0.138. The zero-order valence-corrected chi connectivity index (χ0v) is 13.6. The van der Waals surface area contributed by atoms with E-state index in [-0.39, 0.29) is 11.9 Å². The lowest BCUT2D eigenvalue weighted by Gasteiger charge is -2.19. The fourth-order valence-electron chi connectivity index (χ4n) is 2.30. The molecule has 112 valence electrons. The number of nitrogens with one attached hydrogen (secondary N) is 1. The van der Waals surface area contributed by atoms with Gasteiger partial charge in [-0.25, -0.2) is 4.39 Å². The first-order chi connectivity index (χ1) is 10.1. The Hall–Kier alpha value is -1.32. The fourth-order valence-corrected chi connectivity index (χ4v) is 3.42. The second-order valence-corrected chi connectivity index (χ2v) is 6.26. The van der Waals surface area contributed by atoms with Crippen molar-refractivity contribution in [3.05, 3.63) is 65.0 Å². The normalized spacial score (nSPS) is 12.4. The van der Waals surface area contributed by atoms with Crippen LogP contribution >= 0.6 is 11.8 Å². The molecule has 0 aliphatic carbocycles. The van der Waals surface area contributed by atoms with Crippen molar-refractivity contribution in [3.8, 4) is 0 Å². The number of hydrogen-bond acceptors (Lipinski definition) is 2. The third-order valence-corrected chi connectivity index (χ3v) is 4.80. The van der Waals surface area contributed by atoms with Gasteiger partial charge in [-0.1, -0.05) is 37.3 Å². The van der Waals surface area contributed by atoms with Gasteiger partial charge in [0.25, 0.3) is 0 Å². The molecule has 1 nitrogen and oxygen atoms in total. The van der Waals surface area contributed by atoms with Gasteiger partial charge in [0.2, 0.25) is 0 Å². The minimum absolute atomic E-state index is 0.138. The van der Waals surface area contributed by atoms with Crippen LogP contribution in [-0.4, -0.2) is 12.3 Å². The van der Waals surface area contributed by atoms with E-state index < -0.39 is 0 Å². The predicted octanol–water partition coefficient (Wildman–Crippen LogP) is 4.89. The fraction of sp³-hybridized carbons (Fsp3) is 0.333. The standard InChI is InChI=1S/C18H22FNS/c1-4-20-17(15-9-10-16(19)14(3)11-15)12-21-18-8-6-5-7-13(18)2/h5-11,17,20H,4,12H2,1-3H3. The van der Waals surface area contributed by atoms with Gasteiger partial charge in [-0.3, -0.25) is 0 Å².